The Morgan fingerprint density at radius 3 is 1.88 bits per heavy atom. The zero-order valence-electron chi connectivity index (χ0n) is 15.4. The summed E-state index contributed by atoms with van der Waals surface area (Å²) < 4.78 is 5.46. The standard InChI is InChI=1S/C18H36O5S2/c1-2-3-4-5-6-7-8-9-10-11-12-24-25-18-17(22)16(21)15(20)14(13-19)23-18/h14-22H,2-13H2,1H3. The topological polar surface area (TPSA) is 90.2 Å². The van der Waals surface area contributed by atoms with E-state index in [1.807, 2.05) is 0 Å². The highest BCUT2D eigenvalue weighted by Gasteiger charge is 2.43. The second-order valence-electron chi connectivity index (χ2n) is 6.80. The van der Waals surface area contributed by atoms with Crippen LogP contribution in [-0.2, 0) is 4.74 Å². The molecule has 1 aliphatic heterocycles. The molecule has 1 rings (SSSR count). The van der Waals surface area contributed by atoms with E-state index in [1.165, 1.54) is 68.6 Å². The lowest BCUT2D eigenvalue weighted by molar-refractivity contribution is -0.205. The van der Waals surface area contributed by atoms with Crippen molar-refractivity contribution < 1.29 is 25.2 Å². The predicted octanol–water partition coefficient (Wildman–Crippen LogP) is 3.09. The Labute approximate surface area is 160 Å². The van der Waals surface area contributed by atoms with Crippen LogP contribution < -0.4 is 0 Å². The summed E-state index contributed by atoms with van der Waals surface area (Å²) in [5, 5.41) is 38.6. The zero-order valence-corrected chi connectivity index (χ0v) is 17.0. The molecule has 150 valence electrons. The van der Waals surface area contributed by atoms with Crippen molar-refractivity contribution in [2.75, 3.05) is 12.4 Å². The van der Waals surface area contributed by atoms with E-state index in [2.05, 4.69) is 6.92 Å². The van der Waals surface area contributed by atoms with Crippen LogP contribution in [0.3, 0.4) is 0 Å². The van der Waals surface area contributed by atoms with Gasteiger partial charge >= 0.3 is 0 Å². The van der Waals surface area contributed by atoms with Crippen molar-refractivity contribution in [2.24, 2.45) is 0 Å². The summed E-state index contributed by atoms with van der Waals surface area (Å²) in [6.45, 7) is 1.87. The molecule has 0 amide bonds. The number of unbranched alkanes of at least 4 members (excludes halogenated alkanes) is 9. The van der Waals surface area contributed by atoms with Crippen molar-refractivity contribution in [3.63, 3.8) is 0 Å². The second kappa shape index (κ2) is 14.5. The molecule has 0 aromatic carbocycles. The Morgan fingerprint density at radius 2 is 1.32 bits per heavy atom. The molecule has 5 atom stereocenters. The van der Waals surface area contributed by atoms with Crippen LogP contribution in [-0.4, -0.2) is 62.6 Å². The van der Waals surface area contributed by atoms with E-state index < -0.39 is 29.9 Å². The van der Waals surface area contributed by atoms with Crippen molar-refractivity contribution in [3.8, 4) is 0 Å². The number of aliphatic hydroxyl groups is 4. The third-order valence-corrected chi connectivity index (χ3v) is 7.24. The zero-order chi connectivity index (χ0) is 18.5. The molecule has 0 radical (unpaired) electrons. The quantitative estimate of drug-likeness (QED) is 0.265. The Kier molecular flexibility index (Phi) is 13.7. The number of aliphatic hydroxyl groups excluding tert-OH is 4. The molecule has 7 heteroatoms. The van der Waals surface area contributed by atoms with Gasteiger partial charge in [0.05, 0.1) is 6.61 Å². The van der Waals surface area contributed by atoms with Gasteiger partial charge in [-0.2, -0.15) is 0 Å². The highest BCUT2D eigenvalue weighted by molar-refractivity contribution is 8.76. The van der Waals surface area contributed by atoms with E-state index in [-0.39, 0.29) is 6.61 Å². The third-order valence-electron chi connectivity index (χ3n) is 4.59. The summed E-state index contributed by atoms with van der Waals surface area (Å²) >= 11 is 0. The molecule has 0 spiro atoms. The van der Waals surface area contributed by atoms with E-state index >= 15 is 0 Å². The highest BCUT2D eigenvalue weighted by atomic mass is 33.1. The smallest absolute Gasteiger partial charge is 0.142 e. The van der Waals surface area contributed by atoms with Crippen molar-refractivity contribution in [3.05, 3.63) is 0 Å². The van der Waals surface area contributed by atoms with Crippen molar-refractivity contribution in [1.29, 1.82) is 0 Å². The summed E-state index contributed by atoms with van der Waals surface area (Å²) in [5.41, 5.74) is -0.622. The van der Waals surface area contributed by atoms with E-state index in [0.29, 0.717) is 0 Å². The van der Waals surface area contributed by atoms with Gasteiger partial charge in [-0.3, -0.25) is 0 Å². The van der Waals surface area contributed by atoms with Gasteiger partial charge in [0.2, 0.25) is 0 Å². The van der Waals surface area contributed by atoms with Crippen LogP contribution in [0.5, 0.6) is 0 Å². The average Bonchev–Trinajstić information content (AvgIpc) is 2.62. The minimum absolute atomic E-state index is 0.370. The van der Waals surface area contributed by atoms with Crippen molar-refractivity contribution in [1.82, 2.24) is 0 Å². The SMILES string of the molecule is CCCCCCCCCCCCSSC1OC(CO)C(O)C(O)C1O. The van der Waals surface area contributed by atoms with E-state index in [4.69, 9.17) is 9.84 Å². The van der Waals surface area contributed by atoms with Crippen LogP contribution in [0.15, 0.2) is 0 Å². The molecule has 5 nitrogen and oxygen atoms in total. The van der Waals surface area contributed by atoms with Crippen LogP contribution in [0.25, 0.3) is 0 Å². The van der Waals surface area contributed by atoms with E-state index in [0.717, 1.165) is 12.2 Å². The fourth-order valence-electron chi connectivity index (χ4n) is 2.91. The summed E-state index contributed by atoms with van der Waals surface area (Å²) in [7, 11) is 2.99. The molecule has 0 saturated carbocycles. The molecule has 0 aromatic heterocycles. The van der Waals surface area contributed by atoms with Crippen LogP contribution in [0.1, 0.15) is 71.1 Å². The lowest BCUT2D eigenvalue weighted by Gasteiger charge is -2.39. The van der Waals surface area contributed by atoms with Crippen LogP contribution >= 0.6 is 21.6 Å². The summed E-state index contributed by atoms with van der Waals surface area (Å²) in [6, 6.07) is 0. The molecule has 1 heterocycles. The van der Waals surface area contributed by atoms with Gasteiger partial charge in [-0.1, -0.05) is 86.3 Å². The number of hydrogen-bond acceptors (Lipinski definition) is 7. The van der Waals surface area contributed by atoms with Gasteiger partial charge in [0, 0.05) is 5.75 Å². The summed E-state index contributed by atoms with van der Waals surface area (Å²) in [5.74, 6) is 0.968. The normalized spacial score (nSPS) is 29.9. The van der Waals surface area contributed by atoms with Crippen LogP contribution in [0, 0.1) is 0 Å². The Bertz CT molecular complexity index is 320. The molecular formula is C18H36O5S2. The predicted molar refractivity (Wildman–Crippen MR) is 106 cm³/mol. The molecular weight excluding hydrogens is 360 g/mol. The van der Waals surface area contributed by atoms with Gasteiger partial charge in [0.1, 0.15) is 29.9 Å². The van der Waals surface area contributed by atoms with Gasteiger partial charge in [-0.25, -0.2) is 0 Å². The van der Waals surface area contributed by atoms with Gasteiger partial charge in [-0.15, -0.1) is 0 Å². The Morgan fingerprint density at radius 1 is 0.760 bits per heavy atom. The molecule has 1 saturated heterocycles. The minimum atomic E-state index is -1.28. The van der Waals surface area contributed by atoms with Gasteiger partial charge in [0.25, 0.3) is 0 Å². The first-order valence-corrected chi connectivity index (χ1v) is 12.1. The fraction of sp³-hybridized carbons (Fsp3) is 1.00. The lowest BCUT2D eigenvalue weighted by atomic mass is 10.0. The highest BCUT2D eigenvalue weighted by Crippen LogP contribution is 2.36. The molecule has 4 N–H and O–H groups in total. The first-order valence-electron chi connectivity index (χ1n) is 9.70. The van der Waals surface area contributed by atoms with Crippen LogP contribution in [0.2, 0.25) is 0 Å². The van der Waals surface area contributed by atoms with Crippen molar-refractivity contribution >= 4 is 21.6 Å². The molecule has 1 fully saturated rings. The van der Waals surface area contributed by atoms with E-state index in [1.54, 1.807) is 10.8 Å². The molecule has 0 aliphatic carbocycles. The fourth-order valence-corrected chi connectivity index (χ4v) is 5.45. The van der Waals surface area contributed by atoms with Gasteiger partial charge < -0.3 is 25.2 Å². The molecule has 0 bridgehead atoms. The van der Waals surface area contributed by atoms with Crippen molar-refractivity contribution in [2.45, 2.75) is 101 Å². The minimum Gasteiger partial charge on any atom is -0.394 e. The maximum absolute atomic E-state index is 9.95. The summed E-state index contributed by atoms with van der Waals surface area (Å²) in [6.07, 6.45) is 8.57. The molecule has 5 unspecified atom stereocenters. The first kappa shape index (κ1) is 23.5. The van der Waals surface area contributed by atoms with Gasteiger partial charge in [0.15, 0.2) is 0 Å². The van der Waals surface area contributed by atoms with Gasteiger partial charge in [-0.05, 0) is 6.42 Å². The molecule has 0 aromatic rings. The monoisotopic (exact) mass is 396 g/mol. The first-order chi connectivity index (χ1) is 12.1. The largest absolute Gasteiger partial charge is 0.394 e. The maximum Gasteiger partial charge on any atom is 0.142 e. The Balaban J connectivity index is 1.99. The van der Waals surface area contributed by atoms with E-state index in [9.17, 15) is 15.3 Å². The number of hydrogen-bond donors (Lipinski definition) is 4. The Hall–Kier alpha value is 0.500. The number of ether oxygens (including phenoxy) is 1. The second-order valence-corrected chi connectivity index (χ2v) is 9.38. The third kappa shape index (κ3) is 9.31. The maximum atomic E-state index is 9.95. The molecule has 1 aliphatic rings. The molecule has 25 heavy (non-hydrogen) atoms. The van der Waals surface area contributed by atoms with Crippen LogP contribution in [0.4, 0.5) is 0 Å². The summed E-state index contributed by atoms with van der Waals surface area (Å²) in [4.78, 5) is 0. The average molecular weight is 397 g/mol. The lowest BCUT2D eigenvalue weighted by Crippen LogP contribution is -2.57. The number of rotatable bonds is 14.